The molecule has 0 unspecified atom stereocenters. The van der Waals surface area contributed by atoms with Crippen molar-refractivity contribution in [3.8, 4) is 5.75 Å². The normalized spacial score (nSPS) is 15.2. The highest BCUT2D eigenvalue weighted by atomic mass is 79.9. The quantitative estimate of drug-likeness (QED) is 0.616. The lowest BCUT2D eigenvalue weighted by Gasteiger charge is -2.32. The number of hydrogen-bond acceptors (Lipinski definition) is 2. The SMILES string of the molecule is O=C(CCOc1cccc(Br)c1)N1CCC(c2c[nH]c3ccccc23)CC1. The van der Waals surface area contributed by atoms with Gasteiger partial charge in [0.15, 0.2) is 0 Å². The van der Waals surface area contributed by atoms with Crippen molar-refractivity contribution in [3.05, 3.63) is 64.8 Å². The van der Waals surface area contributed by atoms with Gasteiger partial charge in [-0.05, 0) is 48.6 Å². The molecule has 1 aliphatic heterocycles. The topological polar surface area (TPSA) is 45.3 Å². The van der Waals surface area contributed by atoms with E-state index in [9.17, 15) is 4.79 Å². The van der Waals surface area contributed by atoms with Gasteiger partial charge in [0.25, 0.3) is 0 Å². The van der Waals surface area contributed by atoms with Crippen molar-refractivity contribution in [3.63, 3.8) is 0 Å². The zero-order valence-electron chi connectivity index (χ0n) is 15.2. The summed E-state index contributed by atoms with van der Waals surface area (Å²) in [7, 11) is 0. The second-order valence-electron chi connectivity index (χ2n) is 7.00. The highest BCUT2D eigenvalue weighted by molar-refractivity contribution is 9.10. The van der Waals surface area contributed by atoms with Gasteiger partial charge < -0.3 is 14.6 Å². The minimum absolute atomic E-state index is 0.183. The van der Waals surface area contributed by atoms with Gasteiger partial charge in [0.1, 0.15) is 5.75 Å². The molecule has 2 aromatic carbocycles. The van der Waals surface area contributed by atoms with Gasteiger partial charge in [-0.1, -0.05) is 40.2 Å². The number of nitrogens with one attached hydrogen (secondary N) is 1. The maximum atomic E-state index is 12.5. The van der Waals surface area contributed by atoms with Gasteiger partial charge in [-0.25, -0.2) is 0 Å². The predicted octanol–water partition coefficient (Wildman–Crippen LogP) is 5.11. The Morgan fingerprint density at radius 2 is 1.96 bits per heavy atom. The fourth-order valence-corrected chi connectivity index (χ4v) is 4.22. The Morgan fingerprint density at radius 3 is 2.78 bits per heavy atom. The molecule has 1 aromatic heterocycles. The molecule has 1 fully saturated rings. The third kappa shape index (κ3) is 4.19. The number of aromatic amines is 1. The molecule has 0 saturated carbocycles. The average molecular weight is 427 g/mol. The van der Waals surface area contributed by atoms with E-state index in [4.69, 9.17) is 4.74 Å². The fraction of sp³-hybridized carbons (Fsp3) is 0.318. The van der Waals surface area contributed by atoms with Crippen LogP contribution in [0.15, 0.2) is 59.2 Å². The predicted molar refractivity (Wildman–Crippen MR) is 111 cm³/mol. The maximum absolute atomic E-state index is 12.5. The van der Waals surface area contributed by atoms with E-state index < -0.39 is 0 Å². The Morgan fingerprint density at radius 1 is 1.15 bits per heavy atom. The number of rotatable bonds is 5. The molecule has 27 heavy (non-hydrogen) atoms. The summed E-state index contributed by atoms with van der Waals surface area (Å²) in [4.78, 5) is 17.8. The number of ether oxygens (including phenoxy) is 1. The molecular formula is C22H23BrN2O2. The number of likely N-dealkylation sites (tertiary alicyclic amines) is 1. The molecule has 4 nitrogen and oxygen atoms in total. The van der Waals surface area contributed by atoms with Gasteiger partial charge in [0.2, 0.25) is 5.91 Å². The van der Waals surface area contributed by atoms with Crippen LogP contribution in [0.25, 0.3) is 10.9 Å². The van der Waals surface area contributed by atoms with Crippen molar-refractivity contribution >= 4 is 32.7 Å². The third-order valence-corrected chi connectivity index (χ3v) is 5.78. The van der Waals surface area contributed by atoms with E-state index in [1.165, 1.54) is 16.5 Å². The number of para-hydroxylation sites is 1. The number of halogens is 1. The van der Waals surface area contributed by atoms with E-state index in [1.807, 2.05) is 29.2 Å². The highest BCUT2D eigenvalue weighted by Crippen LogP contribution is 2.33. The zero-order chi connectivity index (χ0) is 18.6. The van der Waals surface area contributed by atoms with E-state index >= 15 is 0 Å². The number of piperidine rings is 1. The lowest BCUT2D eigenvalue weighted by Crippen LogP contribution is -2.38. The summed E-state index contributed by atoms with van der Waals surface area (Å²) in [5, 5.41) is 1.31. The molecule has 4 rings (SSSR count). The molecule has 0 atom stereocenters. The third-order valence-electron chi connectivity index (χ3n) is 5.29. The van der Waals surface area contributed by atoms with Crippen molar-refractivity contribution in [1.29, 1.82) is 0 Å². The molecule has 0 aliphatic carbocycles. The fourth-order valence-electron chi connectivity index (χ4n) is 3.84. The van der Waals surface area contributed by atoms with Crippen LogP contribution in [0, 0.1) is 0 Å². The van der Waals surface area contributed by atoms with Gasteiger partial charge >= 0.3 is 0 Å². The monoisotopic (exact) mass is 426 g/mol. The van der Waals surface area contributed by atoms with Crippen LogP contribution in [0.5, 0.6) is 5.75 Å². The van der Waals surface area contributed by atoms with Crippen LogP contribution in [0.4, 0.5) is 0 Å². The van der Waals surface area contributed by atoms with Crippen LogP contribution in [0.2, 0.25) is 0 Å². The van der Waals surface area contributed by atoms with Crippen molar-refractivity contribution in [2.45, 2.75) is 25.2 Å². The first-order valence-electron chi connectivity index (χ1n) is 9.43. The summed E-state index contributed by atoms with van der Waals surface area (Å²) in [6, 6.07) is 16.1. The summed E-state index contributed by atoms with van der Waals surface area (Å²) in [6.07, 6.45) is 4.59. The van der Waals surface area contributed by atoms with E-state index in [-0.39, 0.29) is 5.91 Å². The van der Waals surface area contributed by atoms with Crippen molar-refractivity contribution in [1.82, 2.24) is 9.88 Å². The number of H-pyrrole nitrogens is 1. The van der Waals surface area contributed by atoms with Gasteiger partial charge in [-0.3, -0.25) is 4.79 Å². The minimum Gasteiger partial charge on any atom is -0.493 e. The zero-order valence-corrected chi connectivity index (χ0v) is 16.7. The lowest BCUT2D eigenvalue weighted by atomic mass is 9.89. The van der Waals surface area contributed by atoms with Gasteiger partial charge in [-0.15, -0.1) is 0 Å². The van der Waals surface area contributed by atoms with Gasteiger partial charge in [0, 0.05) is 34.7 Å². The van der Waals surface area contributed by atoms with Crippen LogP contribution in [0.1, 0.15) is 30.7 Å². The highest BCUT2D eigenvalue weighted by Gasteiger charge is 2.25. The summed E-state index contributed by atoms with van der Waals surface area (Å²) in [6.45, 7) is 2.05. The molecule has 0 spiro atoms. The molecule has 3 aromatic rings. The number of aromatic nitrogens is 1. The molecule has 2 heterocycles. The van der Waals surface area contributed by atoms with Crippen LogP contribution in [0.3, 0.4) is 0 Å². The number of amides is 1. The molecule has 1 N–H and O–H groups in total. The molecule has 5 heteroatoms. The maximum Gasteiger partial charge on any atom is 0.225 e. The Hall–Kier alpha value is -2.27. The Kier molecular flexibility index (Phi) is 5.48. The lowest BCUT2D eigenvalue weighted by molar-refractivity contribution is -0.132. The van der Waals surface area contributed by atoms with E-state index in [2.05, 4.69) is 51.4 Å². The molecule has 0 bridgehead atoms. The molecule has 1 saturated heterocycles. The van der Waals surface area contributed by atoms with E-state index in [1.54, 1.807) is 0 Å². The molecule has 0 radical (unpaired) electrons. The number of benzene rings is 2. The van der Waals surface area contributed by atoms with Crippen LogP contribution in [-0.4, -0.2) is 35.5 Å². The van der Waals surface area contributed by atoms with Crippen molar-refractivity contribution in [2.24, 2.45) is 0 Å². The first kappa shape index (κ1) is 18.1. The Bertz CT molecular complexity index is 929. The average Bonchev–Trinajstić information content (AvgIpc) is 3.12. The minimum atomic E-state index is 0.183. The Labute approximate surface area is 167 Å². The van der Waals surface area contributed by atoms with Crippen LogP contribution >= 0.6 is 15.9 Å². The van der Waals surface area contributed by atoms with E-state index in [0.717, 1.165) is 36.2 Å². The second kappa shape index (κ2) is 8.17. The summed E-state index contributed by atoms with van der Waals surface area (Å²) in [5.74, 6) is 1.49. The van der Waals surface area contributed by atoms with Crippen LogP contribution < -0.4 is 4.74 Å². The molecule has 1 amide bonds. The smallest absolute Gasteiger partial charge is 0.225 e. The number of carbonyl (C=O) groups is 1. The number of fused-ring (bicyclic) bond motifs is 1. The molecule has 140 valence electrons. The second-order valence-corrected chi connectivity index (χ2v) is 7.92. The van der Waals surface area contributed by atoms with Crippen LogP contribution in [-0.2, 0) is 4.79 Å². The number of nitrogens with zero attached hydrogens (tertiary/aromatic N) is 1. The standard InChI is InChI=1S/C22H23BrN2O2/c23-17-4-3-5-18(14-17)27-13-10-22(26)25-11-8-16(9-12-25)20-15-24-21-7-2-1-6-19(20)21/h1-7,14-16,24H,8-13H2. The first-order chi connectivity index (χ1) is 13.2. The van der Waals surface area contributed by atoms with Crippen molar-refractivity contribution in [2.75, 3.05) is 19.7 Å². The first-order valence-corrected chi connectivity index (χ1v) is 10.2. The molecular weight excluding hydrogens is 404 g/mol. The summed E-state index contributed by atoms with van der Waals surface area (Å²) < 4.78 is 6.67. The summed E-state index contributed by atoms with van der Waals surface area (Å²) in [5.41, 5.74) is 2.58. The van der Waals surface area contributed by atoms with E-state index in [0.29, 0.717) is 18.9 Å². The summed E-state index contributed by atoms with van der Waals surface area (Å²) >= 11 is 3.43. The molecule has 1 aliphatic rings. The number of hydrogen-bond donors (Lipinski definition) is 1. The van der Waals surface area contributed by atoms with Gasteiger partial charge in [-0.2, -0.15) is 0 Å². The Balaban J connectivity index is 1.28. The van der Waals surface area contributed by atoms with Gasteiger partial charge in [0.05, 0.1) is 13.0 Å². The largest absolute Gasteiger partial charge is 0.493 e. The number of carbonyl (C=O) groups excluding carboxylic acids is 1. The van der Waals surface area contributed by atoms with Crippen molar-refractivity contribution < 1.29 is 9.53 Å².